The normalized spacial score (nSPS) is 20.9. The lowest BCUT2D eigenvalue weighted by Crippen LogP contribution is -2.29. The summed E-state index contributed by atoms with van der Waals surface area (Å²) in [6.07, 6.45) is 5.31. The minimum absolute atomic E-state index is 0.0840. The van der Waals surface area contributed by atoms with Crippen LogP contribution < -0.4 is 19.5 Å². The number of anilines is 2. The molecule has 0 fully saturated rings. The number of fused-ring (bicyclic) bond motifs is 4. The summed E-state index contributed by atoms with van der Waals surface area (Å²) in [5.74, 6) is 1.94. The Morgan fingerprint density at radius 3 is 2.45 bits per heavy atom. The maximum atomic E-state index is 13.4. The molecular formula is C31H26N2O4S. The Hall–Kier alpha value is -4.23. The summed E-state index contributed by atoms with van der Waals surface area (Å²) in [6, 6.07) is 29.0. The average molecular weight is 523 g/mol. The van der Waals surface area contributed by atoms with E-state index in [1.807, 2.05) is 66.7 Å². The number of hydrogen-bond donors (Lipinski definition) is 2. The minimum atomic E-state index is -3.76. The van der Waals surface area contributed by atoms with E-state index in [0.29, 0.717) is 5.69 Å². The molecule has 0 spiro atoms. The van der Waals surface area contributed by atoms with Crippen LogP contribution >= 0.6 is 0 Å². The van der Waals surface area contributed by atoms with E-state index in [4.69, 9.17) is 9.47 Å². The molecule has 0 unspecified atom stereocenters. The second-order valence-electron chi connectivity index (χ2n) is 9.89. The zero-order valence-corrected chi connectivity index (χ0v) is 21.3. The molecule has 1 aliphatic carbocycles. The van der Waals surface area contributed by atoms with E-state index in [1.165, 1.54) is 0 Å². The maximum absolute atomic E-state index is 13.4. The van der Waals surface area contributed by atoms with Crippen molar-refractivity contribution in [1.82, 2.24) is 0 Å². The van der Waals surface area contributed by atoms with E-state index in [-0.39, 0.29) is 29.6 Å². The van der Waals surface area contributed by atoms with E-state index in [1.54, 1.807) is 18.2 Å². The van der Waals surface area contributed by atoms with Gasteiger partial charge in [0.2, 0.25) is 6.79 Å². The van der Waals surface area contributed by atoms with E-state index in [9.17, 15) is 8.42 Å². The second-order valence-corrected chi connectivity index (χ2v) is 11.6. The molecule has 7 rings (SSSR count). The molecule has 190 valence electrons. The van der Waals surface area contributed by atoms with Gasteiger partial charge in [0.25, 0.3) is 10.0 Å². The van der Waals surface area contributed by atoms with Crippen LogP contribution in [0, 0.1) is 5.92 Å². The number of allylic oxidation sites excluding steroid dienone is 2. The molecule has 6 nitrogen and oxygen atoms in total. The number of sulfonamides is 1. The van der Waals surface area contributed by atoms with E-state index < -0.39 is 10.0 Å². The Balaban J connectivity index is 1.15. The average Bonchev–Trinajstić information content (AvgIpc) is 3.63. The standard InChI is InChI=1S/C31H26N2O4S/c34-38(35,33-23-12-9-21(10-13-23)20-5-2-1-3-6-20)24-14-15-28-27(18-24)25-7-4-8-26(25)31(32-28)22-11-16-29-30(17-22)37-19-36-29/h1-7,9-18,25-26,31-33H,8,19H2/t25-,26+,31+/m0/s1. The highest BCUT2D eigenvalue weighted by Gasteiger charge is 2.39. The second kappa shape index (κ2) is 8.96. The van der Waals surface area contributed by atoms with Gasteiger partial charge in [-0.3, -0.25) is 4.72 Å². The highest BCUT2D eigenvalue weighted by atomic mass is 32.2. The third-order valence-corrected chi connectivity index (χ3v) is 9.02. The lowest BCUT2D eigenvalue weighted by Gasteiger charge is -2.37. The molecule has 0 aromatic heterocycles. The van der Waals surface area contributed by atoms with Gasteiger partial charge in [-0.1, -0.05) is 60.7 Å². The van der Waals surface area contributed by atoms with Crippen LogP contribution in [-0.4, -0.2) is 15.2 Å². The van der Waals surface area contributed by atoms with Crippen molar-refractivity contribution in [3.63, 3.8) is 0 Å². The fourth-order valence-corrected chi connectivity index (χ4v) is 6.85. The predicted octanol–water partition coefficient (Wildman–Crippen LogP) is 6.71. The number of benzene rings is 4. The van der Waals surface area contributed by atoms with Crippen LogP contribution in [0.4, 0.5) is 11.4 Å². The molecular weight excluding hydrogens is 496 g/mol. The smallest absolute Gasteiger partial charge is 0.261 e. The van der Waals surface area contributed by atoms with Crippen molar-refractivity contribution in [2.24, 2.45) is 5.92 Å². The Morgan fingerprint density at radius 2 is 1.61 bits per heavy atom. The Morgan fingerprint density at radius 1 is 0.816 bits per heavy atom. The summed E-state index contributed by atoms with van der Waals surface area (Å²) in [5, 5.41) is 3.67. The molecule has 0 radical (unpaired) electrons. The molecule has 2 heterocycles. The lowest BCUT2D eigenvalue weighted by atomic mass is 9.77. The zero-order chi connectivity index (χ0) is 25.7. The van der Waals surface area contributed by atoms with Crippen molar-refractivity contribution in [3.05, 3.63) is 114 Å². The van der Waals surface area contributed by atoms with Crippen LogP contribution in [0.2, 0.25) is 0 Å². The predicted molar refractivity (Wildman–Crippen MR) is 148 cm³/mol. The number of nitrogens with one attached hydrogen (secondary N) is 2. The fourth-order valence-electron chi connectivity index (χ4n) is 5.75. The molecule has 3 aliphatic rings. The molecule has 0 amide bonds. The maximum Gasteiger partial charge on any atom is 0.261 e. The van der Waals surface area contributed by atoms with Crippen molar-refractivity contribution in [1.29, 1.82) is 0 Å². The topological polar surface area (TPSA) is 76.7 Å². The van der Waals surface area contributed by atoms with Gasteiger partial charge in [-0.25, -0.2) is 8.42 Å². The molecule has 4 aromatic rings. The summed E-state index contributed by atoms with van der Waals surface area (Å²) >= 11 is 0. The van der Waals surface area contributed by atoms with Crippen LogP contribution in [0.3, 0.4) is 0 Å². The molecule has 2 aliphatic heterocycles. The Bertz CT molecular complexity index is 1650. The summed E-state index contributed by atoms with van der Waals surface area (Å²) in [6.45, 7) is 0.246. The van der Waals surface area contributed by atoms with Crippen molar-refractivity contribution >= 4 is 21.4 Å². The molecule has 3 atom stereocenters. The monoisotopic (exact) mass is 522 g/mol. The van der Waals surface area contributed by atoms with E-state index in [0.717, 1.165) is 45.9 Å². The van der Waals surface area contributed by atoms with E-state index >= 15 is 0 Å². The third kappa shape index (κ3) is 4.00. The van der Waals surface area contributed by atoms with Crippen molar-refractivity contribution in [2.45, 2.75) is 23.3 Å². The molecule has 2 N–H and O–H groups in total. The largest absolute Gasteiger partial charge is 0.454 e. The number of hydrogen-bond acceptors (Lipinski definition) is 5. The summed E-state index contributed by atoms with van der Waals surface area (Å²) in [4.78, 5) is 0.255. The van der Waals surface area contributed by atoms with Crippen molar-refractivity contribution in [2.75, 3.05) is 16.8 Å². The highest BCUT2D eigenvalue weighted by Crippen LogP contribution is 2.51. The Kier molecular flexibility index (Phi) is 5.40. The molecule has 38 heavy (non-hydrogen) atoms. The summed E-state index contributed by atoms with van der Waals surface area (Å²) in [7, 11) is -3.76. The first-order valence-electron chi connectivity index (χ1n) is 12.7. The molecule has 0 saturated carbocycles. The third-order valence-electron chi connectivity index (χ3n) is 7.64. The van der Waals surface area contributed by atoms with Gasteiger partial charge >= 0.3 is 0 Å². The van der Waals surface area contributed by atoms with Gasteiger partial charge in [-0.2, -0.15) is 0 Å². The Labute approximate surface area is 222 Å². The molecule has 4 aromatic carbocycles. The fraction of sp³-hybridized carbons (Fsp3) is 0.161. The molecule has 0 bridgehead atoms. The van der Waals surface area contributed by atoms with Crippen LogP contribution in [0.25, 0.3) is 11.1 Å². The summed E-state index contributed by atoms with van der Waals surface area (Å²) in [5.41, 5.74) is 5.74. The van der Waals surface area contributed by atoms with Gasteiger partial charge in [0.15, 0.2) is 11.5 Å². The first-order valence-corrected chi connectivity index (χ1v) is 14.2. The quantitative estimate of drug-likeness (QED) is 0.285. The SMILES string of the molecule is O=S(=O)(Nc1ccc(-c2ccccc2)cc1)c1ccc2c(c1)[C@H]1C=CC[C@H]1[C@@H](c1ccc3c(c1)OCO3)N2. The highest BCUT2D eigenvalue weighted by molar-refractivity contribution is 7.92. The van der Waals surface area contributed by atoms with Gasteiger partial charge in [0.1, 0.15) is 0 Å². The van der Waals surface area contributed by atoms with Gasteiger partial charge in [0, 0.05) is 17.3 Å². The van der Waals surface area contributed by atoms with Crippen LogP contribution in [0.15, 0.2) is 108 Å². The molecule has 0 saturated heterocycles. The van der Waals surface area contributed by atoms with E-state index in [2.05, 4.69) is 28.3 Å². The van der Waals surface area contributed by atoms with Gasteiger partial charge < -0.3 is 14.8 Å². The van der Waals surface area contributed by atoms with Crippen molar-refractivity contribution < 1.29 is 17.9 Å². The van der Waals surface area contributed by atoms with Crippen LogP contribution in [0.5, 0.6) is 11.5 Å². The lowest BCUT2D eigenvalue weighted by molar-refractivity contribution is 0.174. The van der Waals surface area contributed by atoms with Gasteiger partial charge in [0.05, 0.1) is 10.9 Å². The first-order chi connectivity index (χ1) is 18.5. The number of rotatable bonds is 5. The minimum Gasteiger partial charge on any atom is -0.454 e. The van der Waals surface area contributed by atoms with Crippen LogP contribution in [-0.2, 0) is 10.0 Å². The molecule has 7 heteroatoms. The zero-order valence-electron chi connectivity index (χ0n) is 20.5. The van der Waals surface area contributed by atoms with Crippen LogP contribution in [0.1, 0.15) is 29.5 Å². The van der Waals surface area contributed by atoms with Crippen molar-refractivity contribution in [3.8, 4) is 22.6 Å². The first kappa shape index (κ1) is 22.9. The van der Waals surface area contributed by atoms with Gasteiger partial charge in [-0.05, 0) is 77.1 Å². The van der Waals surface area contributed by atoms with Gasteiger partial charge in [-0.15, -0.1) is 0 Å². The summed E-state index contributed by atoms with van der Waals surface area (Å²) < 4.78 is 40.5. The number of ether oxygens (including phenoxy) is 2.